The summed E-state index contributed by atoms with van der Waals surface area (Å²) in [6, 6.07) is 2.94. The van der Waals surface area contributed by atoms with Crippen molar-refractivity contribution in [1.82, 2.24) is 0 Å². The van der Waals surface area contributed by atoms with Crippen molar-refractivity contribution in [1.29, 1.82) is 0 Å². The van der Waals surface area contributed by atoms with Crippen molar-refractivity contribution >= 4 is 3320 Å². The Morgan fingerprint density at radius 1 is 0.219 bits per heavy atom. The fourth-order valence-corrected chi connectivity index (χ4v) is 0.865. The maximum absolute atomic E-state index is 10.3. The molecule has 1 rings (SSSR count). The van der Waals surface area contributed by atoms with Gasteiger partial charge in [0, 0.05) is 12.1 Å². The molecule has 0 saturated heterocycles. The number of benzene rings is 1. The smallest absolute Gasteiger partial charge is 0.693 e. The van der Waals surface area contributed by atoms with Crippen molar-refractivity contribution in [3.63, 3.8) is 0 Å². The summed E-state index contributed by atoms with van der Waals surface area (Å²) in [4.78, 5) is 27.2. The van der Waals surface area contributed by atoms with Crippen molar-refractivity contribution in [3.8, 4) is 0 Å². The zero-order valence-corrected chi connectivity index (χ0v) is 451. The topological polar surface area (TPSA) is 246 Å². The number of rotatable bonds is 3. The van der Waals surface area contributed by atoms with E-state index in [2.05, 4.69) is 5.43 Å². The van der Waals surface area contributed by atoms with E-state index in [1.165, 1.54) is 3280 Å². The van der Waals surface area contributed by atoms with E-state index in [1.807, 2.05) is 0 Å². The minimum Gasteiger partial charge on any atom is -0.693 e. The molecular formula is C6H11Cl2K106N7O6Pt-4. The number of nitro groups is 2. The predicted molar refractivity (Wildman–Crippen MR) is 679 cm³/mol. The largest absolute Gasteiger partial charge is 0.693 e. The van der Waals surface area contributed by atoms with Crippen LogP contribution in [0.3, 0.4) is 0 Å². The SMILES string of the molecule is N[N-]c1cc([N+](=O)[O-])cc([N+](=O)[O-])c1.O=N[O-].[Cl][Pt][Cl].[H-].[H-].[K+].[K+].[K][K].[K][K].[K][K].[K][K].[K][K].[K][K].[K][K].[K][K].[K][K].[K][K].[K][K].[K][K].[K][K].[K][K].[K][K].[K][K].[K][K].[K][K].[K][K].[K][K].[K][K].[K][K].[K][K].[K][K].[K][K].[K][K].[K][K].[K][K].[K][K].[K][K].[K][K].[K][K].[K][K].[K][K].[K][K].[K][K].[K][K].[K][K].[K][K].[K][K].[K][K].[K][K].[K][K].[K][K].[K][K].[K][K].[K][K].[K][K].[K][K].[K][K].[K][K].[K][K].[NH2-].[NH2-]. The Hall–Kier alpha value is 172. The van der Waals surface area contributed by atoms with E-state index in [4.69, 9.17) is 34.8 Å². The number of nitrogens with two attached hydrogens (primary N) is 3. The maximum Gasteiger partial charge on any atom is -0.693 e. The van der Waals surface area contributed by atoms with E-state index in [0.29, 0.717) is 0 Å². The average molecular weight is 4690 g/mol. The van der Waals surface area contributed by atoms with Crippen LogP contribution in [-0.2, 0) is 16.5 Å². The third-order valence-electron chi connectivity index (χ3n) is 1.46. The fourth-order valence-electron chi connectivity index (χ4n) is 0.865. The summed E-state index contributed by atoms with van der Waals surface area (Å²) in [5.41, 5.74) is 2.31. The molecule has 0 aliphatic heterocycles. The van der Waals surface area contributed by atoms with Crippen molar-refractivity contribution in [2.24, 2.45) is 11.2 Å². The van der Waals surface area contributed by atoms with Gasteiger partial charge in [-0.15, -0.1) is 11.0 Å². The van der Waals surface area contributed by atoms with Gasteiger partial charge < -0.3 is 36.5 Å². The fraction of sp³-hybridized carbons (Fsp3) is 0. The summed E-state index contributed by atoms with van der Waals surface area (Å²) in [5.74, 6) is 4.87. The first-order valence-corrected chi connectivity index (χ1v) is 894. The van der Waals surface area contributed by atoms with E-state index < -0.39 is 37.7 Å². The molecule has 0 aliphatic rings. The first-order valence-electron chi connectivity index (χ1n) is 56.0. The third-order valence-corrected chi connectivity index (χ3v) is 1.46. The molecule has 0 aromatic heterocycles. The van der Waals surface area contributed by atoms with E-state index in [0.717, 1.165) is 23.5 Å². The van der Waals surface area contributed by atoms with Crippen LogP contribution in [-0.4, -0.2) is 3290 Å². The Morgan fingerprint density at radius 3 is 0.297 bits per heavy atom. The second-order valence-corrected chi connectivity index (χ2v) is 5.75. The van der Waals surface area contributed by atoms with Crippen LogP contribution in [0.15, 0.2) is 23.5 Å². The molecule has 0 spiro atoms. The molecule has 0 radical (unpaired) electrons. The maximum atomic E-state index is 10.3. The number of halogens is 2. The van der Waals surface area contributed by atoms with Gasteiger partial charge in [0.05, 0.1) is 15.9 Å². The van der Waals surface area contributed by atoms with Gasteiger partial charge in [-0.1, -0.05) is 0 Å². The normalized spacial score (nSPS) is 4.55. The molecule has 0 atom stereocenters. The molecule has 0 fully saturated rings. The van der Waals surface area contributed by atoms with Crippen LogP contribution in [0.1, 0.15) is 2.85 Å². The van der Waals surface area contributed by atoms with Crippen LogP contribution >= 0.6 is 18.8 Å². The number of non-ortho nitro benzene ring substituents is 2. The van der Waals surface area contributed by atoms with Crippen LogP contribution in [0.5, 0.6) is 0 Å². The number of hydrogen-bond acceptors (Lipinski definition) is 8. The van der Waals surface area contributed by atoms with E-state index in [-0.39, 0.29) is 124 Å². The van der Waals surface area contributed by atoms with Gasteiger partial charge in [0.1, 0.15) is 0 Å². The Bertz CT molecular complexity index is 534. The Balaban J connectivity index is -0.00000000674. The quantitative estimate of drug-likeness (QED) is 0.101. The first kappa shape index (κ1) is 458. The van der Waals surface area contributed by atoms with Gasteiger partial charge in [0.25, 0.3) is 11.4 Å². The van der Waals surface area contributed by atoms with Gasteiger partial charge in [-0.25, -0.2) is 0 Å². The first-order chi connectivity index (χ1) is 61.4. The van der Waals surface area contributed by atoms with Gasteiger partial charge in [0.15, 0.2) is 0 Å². The number of hydrogen-bond donors (Lipinski definition) is 1. The van der Waals surface area contributed by atoms with E-state index >= 15 is 0 Å². The molecule has 0 heterocycles. The number of nitro benzene ring substituents is 2. The van der Waals surface area contributed by atoms with Gasteiger partial charge in [-0.05, 0) is 0 Å². The Labute approximate surface area is 3270 Å². The van der Waals surface area contributed by atoms with Crippen LogP contribution in [0.2, 0.25) is 0 Å². The van der Waals surface area contributed by atoms with Gasteiger partial charge in [-0.3, -0.25) is 20.2 Å². The molecule has 0 aliphatic carbocycles. The minimum absolute atomic E-state index is 0. The Kier molecular flexibility index (Phi) is 2550. The van der Waals surface area contributed by atoms with Crippen molar-refractivity contribution < 1.29 is 132 Å². The molecule has 0 unspecified atom stereocenters. The van der Waals surface area contributed by atoms with Crippen LogP contribution in [0, 0.1) is 30.3 Å². The summed E-state index contributed by atoms with van der Waals surface area (Å²) in [6.07, 6.45) is 0. The van der Waals surface area contributed by atoms with Crippen molar-refractivity contribution in [2.75, 3.05) is 0 Å². The molecule has 122 heteroatoms. The van der Waals surface area contributed by atoms with Crippen molar-refractivity contribution in [2.45, 2.75) is 0 Å². The molecule has 0 amide bonds. The Morgan fingerprint density at radius 2 is 0.266 bits per heavy atom. The van der Waals surface area contributed by atoms with Crippen LogP contribution in [0.25, 0.3) is 17.7 Å². The van der Waals surface area contributed by atoms with Gasteiger partial charge >= 0.3 is 3420 Å². The van der Waals surface area contributed by atoms with Crippen molar-refractivity contribution in [3.05, 3.63) is 66.3 Å². The summed E-state index contributed by atoms with van der Waals surface area (Å²) in [6.45, 7) is 0. The molecule has 0 saturated carbocycles. The monoisotopic (exact) mass is 4670 g/mol. The zero-order valence-electron chi connectivity index (χ0n) is 118. The molecular weight excluding hydrogens is 4680 g/mol. The minimum atomic E-state index is -0.748. The molecule has 1 aromatic carbocycles. The third kappa shape index (κ3) is 698. The molecule has 1 aromatic rings. The summed E-state index contributed by atoms with van der Waals surface area (Å²) < 4.78 is 0. The van der Waals surface area contributed by atoms with E-state index in [9.17, 15) is 20.2 Å². The molecule has 240 valence electrons. The predicted octanol–water partition coefficient (Wildman–Crippen LogP) is -40.9. The van der Waals surface area contributed by atoms with Gasteiger partial charge in [-0.2, -0.15) is 0 Å². The summed E-state index contributed by atoms with van der Waals surface area (Å²) in [7, 11) is 9.75. The zero-order chi connectivity index (χ0) is 120. The standard InChI is InChI=1S/C6H5N4O4.2ClH.106K.HNO2.2H2N.Pt.2H/c7-8-4-1-5(9(11)12)3-6(2-4)10(13)14;;;;;;;;;;;;;;;;;;;;;;;;;;;;;;;;;;;;;;;;;;;;;;;;;;;;;;;;;;;;;;;;;;;;;;;;;;;;;;;;;;;;;;;;;;;;;;;;;;;;;;;;;;;;;2-1-3;;;;;/h1-3H,7H2;2*1H;;;;;;;;;;;;;;;;;;;;;;;;;;;;;;;;;;;;;;;;;;;;;;;;;;;;;;;;;;;;;;;;;;;;;;;;;;;;;;;;;;;;;;;;;;;;;;;;;;;;;;;;;;;(H,2,3);2*1H2;;;/q-1;;;;;;;;;;;;;;;;;;;;;;;;;;;;;;;;;;;;;;;;;;;;;;;;;;;;;;;;;;;;;;;;;;;;;;;;;;;;;;;;;;;;;;;;;;;;;;;;;;;;;;;;;;;2*+1;;2*-1;+2;2*-1/p-3. The second-order valence-electron chi connectivity index (χ2n) is 2.47. The molecule has 13 nitrogen and oxygen atoms in total. The molecule has 6 N–H and O–H groups in total. The van der Waals surface area contributed by atoms with Crippen LogP contribution in [0.4, 0.5) is 17.1 Å². The van der Waals surface area contributed by atoms with Crippen LogP contribution < -0.4 is 109 Å². The second kappa shape index (κ2) is 713. The van der Waals surface area contributed by atoms with E-state index in [1.54, 1.807) is 0 Å². The molecule has 0 bridgehead atoms. The average Bonchev–Trinajstić information content (AvgIpc) is 0.857. The molecule has 128 heavy (non-hydrogen) atoms. The van der Waals surface area contributed by atoms with Gasteiger partial charge in [0.2, 0.25) is 0 Å². The number of nitrogens with zero attached hydrogens (tertiary/aromatic N) is 4. The summed E-state index contributed by atoms with van der Waals surface area (Å²) in [5, 5.41) is 29.7. The summed E-state index contributed by atoms with van der Waals surface area (Å²) >= 11 is 130.